The van der Waals surface area contributed by atoms with Crippen LogP contribution in [0.25, 0.3) is 0 Å². The molecule has 1 aromatic carbocycles. The number of carbonyl (C=O) groups is 2. The molecule has 132 valence electrons. The summed E-state index contributed by atoms with van der Waals surface area (Å²) < 4.78 is 44.6. The average Bonchev–Trinajstić information content (AvgIpc) is 2.47. The molecular weight excluding hydrogens is 359 g/mol. The van der Waals surface area contributed by atoms with Gasteiger partial charge in [-0.25, -0.2) is 0 Å². The number of benzene rings is 1. The molecule has 24 heavy (non-hydrogen) atoms. The molecule has 10 nitrogen and oxygen atoms in total. The van der Waals surface area contributed by atoms with Crippen molar-refractivity contribution >= 4 is 29.7 Å². The maximum Gasteiger partial charge on any atom is 0.341 e. The lowest BCUT2D eigenvalue weighted by molar-refractivity contribution is -0.130. The van der Waals surface area contributed by atoms with Crippen molar-refractivity contribution in [1.29, 1.82) is 0 Å². The fourth-order valence-electron chi connectivity index (χ4n) is 2.33. The minimum Gasteiger partial charge on any atom is -0.340 e. The van der Waals surface area contributed by atoms with Crippen molar-refractivity contribution in [3.63, 3.8) is 0 Å². The maximum atomic E-state index is 12.4. The highest BCUT2D eigenvalue weighted by molar-refractivity contribution is 7.90. The number of hydrogen-bond acceptors (Lipinski definition) is 5. The molecule has 0 aliphatic carbocycles. The summed E-state index contributed by atoms with van der Waals surface area (Å²) in [6, 6.07) is 7.19. The Morgan fingerprint density at radius 1 is 1.33 bits per heavy atom. The molecule has 0 bridgehead atoms. The Morgan fingerprint density at radius 2 is 1.96 bits per heavy atom. The molecule has 1 aliphatic rings. The first-order valence-corrected chi connectivity index (χ1v) is 10.1. The number of amides is 2. The molecule has 2 atom stereocenters. The normalized spacial score (nSPS) is 21.2. The van der Waals surface area contributed by atoms with Crippen molar-refractivity contribution in [3.8, 4) is 0 Å². The number of nitrogens with one attached hydrogen (secondary N) is 2. The molecule has 0 aromatic heterocycles. The predicted molar refractivity (Wildman–Crippen MR) is 85.1 cm³/mol. The number of nitrogens with two attached hydrogens (primary N) is 1. The molecule has 2 amide bonds. The van der Waals surface area contributed by atoms with Crippen molar-refractivity contribution in [2.45, 2.75) is 18.9 Å². The van der Waals surface area contributed by atoms with Gasteiger partial charge < -0.3 is 5.32 Å². The number of nitrogens with zero attached hydrogens (tertiary/aromatic N) is 1. The molecule has 0 radical (unpaired) electrons. The van der Waals surface area contributed by atoms with Gasteiger partial charge in [-0.15, -0.1) is 4.49 Å². The number of rotatable bonds is 5. The molecule has 1 heterocycles. The lowest BCUT2D eigenvalue weighted by Crippen LogP contribution is -2.53. The number of hydrogen-bond donors (Lipinski definition) is 4. The van der Waals surface area contributed by atoms with E-state index in [9.17, 15) is 22.6 Å². The van der Waals surface area contributed by atoms with Gasteiger partial charge in [0.2, 0.25) is 0 Å². The Morgan fingerprint density at radius 3 is 2.54 bits per heavy atom. The maximum absolute atomic E-state index is 12.4. The fourth-order valence-corrected chi connectivity index (χ4v) is 4.92. The van der Waals surface area contributed by atoms with Crippen LogP contribution in [0.1, 0.15) is 23.2 Å². The first-order chi connectivity index (χ1) is 11.1. The zero-order chi connectivity index (χ0) is 18.0. The molecule has 1 aliphatic heterocycles. The molecule has 1 unspecified atom stereocenters. The predicted octanol–water partition coefficient (Wildman–Crippen LogP) is -0.133. The van der Waals surface area contributed by atoms with Crippen molar-refractivity contribution in [2.24, 2.45) is 5.50 Å². The minimum atomic E-state index is -4.86. The summed E-state index contributed by atoms with van der Waals surface area (Å²) in [4.78, 5) is 24.5. The van der Waals surface area contributed by atoms with Crippen LogP contribution < -0.4 is 15.3 Å². The molecule has 1 saturated heterocycles. The average molecular weight is 376 g/mol. The largest absolute Gasteiger partial charge is 0.341 e. The third-order valence-corrected chi connectivity index (χ3v) is 6.45. The highest BCUT2D eigenvalue weighted by Crippen LogP contribution is 2.40. The van der Waals surface area contributed by atoms with Gasteiger partial charge in [0.1, 0.15) is 6.04 Å². The quantitative estimate of drug-likeness (QED) is 0.411. The highest BCUT2D eigenvalue weighted by Gasteiger charge is 2.40. The molecular formula is C12H17N4O6PS. The molecule has 1 fully saturated rings. The van der Waals surface area contributed by atoms with Gasteiger partial charge in [0.15, 0.2) is 0 Å². The van der Waals surface area contributed by atoms with Crippen LogP contribution in [-0.4, -0.2) is 42.0 Å². The Bertz CT molecular complexity index is 784. The number of piperidine rings is 1. The summed E-state index contributed by atoms with van der Waals surface area (Å²) in [7, 11) is -9.21. The van der Waals surface area contributed by atoms with E-state index in [0.29, 0.717) is 23.1 Å². The van der Waals surface area contributed by atoms with Crippen LogP contribution in [0.15, 0.2) is 30.3 Å². The van der Waals surface area contributed by atoms with E-state index in [1.165, 1.54) is 4.49 Å². The Labute approximate surface area is 138 Å². The van der Waals surface area contributed by atoms with Gasteiger partial charge in [0, 0.05) is 12.1 Å². The van der Waals surface area contributed by atoms with Gasteiger partial charge in [-0.2, -0.15) is 8.42 Å². The first-order valence-electron chi connectivity index (χ1n) is 6.93. The SMILES string of the molecule is NP(=O)(NS(=O)(=O)O)N1CCC[C@H](NC(=O)c2ccccc2)C1=O. The second-order valence-corrected chi connectivity index (χ2v) is 8.59. The van der Waals surface area contributed by atoms with E-state index in [4.69, 9.17) is 10.1 Å². The second kappa shape index (κ2) is 6.99. The van der Waals surface area contributed by atoms with Crippen LogP contribution in [0.2, 0.25) is 0 Å². The van der Waals surface area contributed by atoms with Gasteiger partial charge in [-0.3, -0.25) is 28.9 Å². The highest BCUT2D eigenvalue weighted by atomic mass is 32.2. The van der Waals surface area contributed by atoms with E-state index in [0.717, 1.165) is 0 Å². The van der Waals surface area contributed by atoms with E-state index in [1.807, 2.05) is 0 Å². The summed E-state index contributed by atoms with van der Waals surface area (Å²) in [5, 5.41) is 2.50. The number of carbonyl (C=O) groups excluding carboxylic acids is 2. The van der Waals surface area contributed by atoms with Crippen LogP contribution in [0.3, 0.4) is 0 Å². The summed E-state index contributed by atoms with van der Waals surface area (Å²) in [5.74, 6) is -1.28. The molecule has 1 aromatic rings. The summed E-state index contributed by atoms with van der Waals surface area (Å²) in [6.07, 6.45) is 0.638. The van der Waals surface area contributed by atoms with E-state index in [2.05, 4.69) is 5.32 Å². The van der Waals surface area contributed by atoms with Crippen LogP contribution in [-0.2, 0) is 19.7 Å². The van der Waals surface area contributed by atoms with Crippen LogP contribution in [0.5, 0.6) is 0 Å². The van der Waals surface area contributed by atoms with Gasteiger partial charge in [-0.1, -0.05) is 18.2 Å². The van der Waals surface area contributed by atoms with E-state index >= 15 is 0 Å². The van der Waals surface area contributed by atoms with Gasteiger partial charge in [0.25, 0.3) is 11.8 Å². The van der Waals surface area contributed by atoms with Crippen molar-refractivity contribution < 1.29 is 27.1 Å². The van der Waals surface area contributed by atoms with Crippen LogP contribution >= 0.6 is 7.59 Å². The van der Waals surface area contributed by atoms with Crippen molar-refractivity contribution in [1.82, 2.24) is 14.5 Å². The standard InChI is InChI=1S/C12H17N4O6PS/c13-23(19,15-24(20,21)22)16-8-4-7-10(12(16)18)14-11(17)9-5-2-1-3-6-9/h1-3,5-6,10H,4,7-8H2,(H,14,17)(H3,13,15,19)(H,20,21,22)/t10-,23?/m0/s1. The minimum absolute atomic E-state index is 0.0627. The molecule has 0 saturated carbocycles. The molecule has 5 N–H and O–H groups in total. The first kappa shape index (κ1) is 18.6. The van der Waals surface area contributed by atoms with Crippen molar-refractivity contribution in [3.05, 3.63) is 35.9 Å². The van der Waals surface area contributed by atoms with E-state index in [-0.39, 0.29) is 6.54 Å². The zero-order valence-electron chi connectivity index (χ0n) is 12.5. The Hall–Kier alpha value is -1.78. The topological polar surface area (TPSA) is 159 Å². The zero-order valence-corrected chi connectivity index (χ0v) is 14.2. The van der Waals surface area contributed by atoms with Gasteiger partial charge in [-0.05, 0) is 25.0 Å². The molecule has 12 heteroatoms. The van der Waals surface area contributed by atoms with E-state index < -0.39 is 35.8 Å². The van der Waals surface area contributed by atoms with Crippen LogP contribution in [0, 0.1) is 0 Å². The van der Waals surface area contributed by atoms with Crippen molar-refractivity contribution in [2.75, 3.05) is 6.54 Å². The second-order valence-electron chi connectivity index (χ2n) is 5.18. The lowest BCUT2D eigenvalue weighted by atomic mass is 10.1. The molecule has 0 spiro atoms. The fraction of sp³-hybridized carbons (Fsp3) is 0.333. The Kier molecular flexibility index (Phi) is 5.41. The Balaban J connectivity index is 2.13. The summed E-state index contributed by atoms with van der Waals surface area (Å²) >= 11 is 0. The summed E-state index contributed by atoms with van der Waals surface area (Å²) in [5.41, 5.74) is 5.71. The summed E-state index contributed by atoms with van der Waals surface area (Å²) in [6.45, 7) is -0.0627. The molecule has 2 rings (SSSR count). The van der Waals surface area contributed by atoms with Gasteiger partial charge in [0.05, 0.1) is 0 Å². The third kappa shape index (κ3) is 4.62. The van der Waals surface area contributed by atoms with E-state index in [1.54, 1.807) is 30.3 Å². The lowest BCUT2D eigenvalue weighted by Gasteiger charge is -2.35. The van der Waals surface area contributed by atoms with Crippen LogP contribution in [0.4, 0.5) is 0 Å². The monoisotopic (exact) mass is 376 g/mol. The van der Waals surface area contributed by atoms with Gasteiger partial charge >= 0.3 is 17.9 Å². The third-order valence-electron chi connectivity index (χ3n) is 3.36. The smallest absolute Gasteiger partial charge is 0.340 e.